The number of hydrogen-bond donors (Lipinski definition) is 1. The minimum absolute atomic E-state index is 0.0427. The molecule has 1 saturated heterocycles. The lowest BCUT2D eigenvalue weighted by Gasteiger charge is -2.26. The molecule has 0 radical (unpaired) electrons. The average Bonchev–Trinajstić information content (AvgIpc) is 2.83. The van der Waals surface area contributed by atoms with Crippen LogP contribution in [0.25, 0.3) is 10.8 Å². The second-order valence-corrected chi connectivity index (χ2v) is 8.87. The minimum atomic E-state index is -3.78. The molecule has 1 aliphatic rings. The first-order valence-corrected chi connectivity index (χ1v) is 11.6. The Labute approximate surface area is 186 Å². The number of rotatable bonds is 7. The molecule has 0 aromatic heterocycles. The Bertz CT molecular complexity index is 1220. The smallest absolute Gasteiger partial charge is 0.276 e. The van der Waals surface area contributed by atoms with E-state index in [0.29, 0.717) is 37.6 Å². The first kappa shape index (κ1) is 21.8. The Kier molecular flexibility index (Phi) is 6.67. The van der Waals surface area contributed by atoms with Crippen LogP contribution < -0.4 is 9.57 Å². The Morgan fingerprint density at radius 2 is 1.75 bits per heavy atom. The highest BCUT2D eigenvalue weighted by Gasteiger charge is 2.17. The summed E-state index contributed by atoms with van der Waals surface area (Å²) in [5.41, 5.74) is 0.679. The number of ether oxygens (including phenoxy) is 2. The van der Waals surface area contributed by atoms with Crippen molar-refractivity contribution in [1.29, 1.82) is 0 Å². The molecule has 1 aliphatic heterocycles. The van der Waals surface area contributed by atoms with Crippen LogP contribution in [0.5, 0.6) is 5.75 Å². The van der Waals surface area contributed by atoms with E-state index < -0.39 is 10.0 Å². The summed E-state index contributed by atoms with van der Waals surface area (Å²) < 4.78 is 35.8. The van der Waals surface area contributed by atoms with E-state index in [1.54, 1.807) is 47.4 Å². The van der Waals surface area contributed by atoms with Crippen molar-refractivity contribution in [3.05, 3.63) is 72.3 Å². The SMILES string of the molecule is O=C(COc1ccc(/C=N/NS(=O)(=O)c2ccc3ccccc3c2)cc1)N1CCOCC1. The molecule has 166 valence electrons. The lowest BCUT2D eigenvalue weighted by molar-refractivity contribution is -0.137. The molecule has 9 heteroatoms. The predicted octanol–water partition coefficient (Wildman–Crippen LogP) is 2.39. The number of hydrazone groups is 1. The number of morpholine rings is 1. The fourth-order valence-corrected chi connectivity index (χ4v) is 4.08. The number of carbonyl (C=O) groups excluding carboxylic acids is 1. The van der Waals surface area contributed by atoms with Crippen LogP contribution in [0, 0.1) is 0 Å². The molecule has 0 unspecified atom stereocenters. The van der Waals surface area contributed by atoms with Crippen LogP contribution in [0.1, 0.15) is 5.56 Å². The van der Waals surface area contributed by atoms with Gasteiger partial charge >= 0.3 is 0 Å². The van der Waals surface area contributed by atoms with Crippen molar-refractivity contribution in [2.24, 2.45) is 5.10 Å². The van der Waals surface area contributed by atoms with Gasteiger partial charge in [0.15, 0.2) is 6.61 Å². The summed E-state index contributed by atoms with van der Waals surface area (Å²) in [7, 11) is -3.78. The van der Waals surface area contributed by atoms with E-state index >= 15 is 0 Å². The maximum Gasteiger partial charge on any atom is 0.276 e. The van der Waals surface area contributed by atoms with E-state index in [9.17, 15) is 13.2 Å². The first-order chi connectivity index (χ1) is 15.5. The fourth-order valence-electron chi connectivity index (χ4n) is 3.26. The van der Waals surface area contributed by atoms with Gasteiger partial charge in [0.25, 0.3) is 15.9 Å². The second-order valence-electron chi connectivity index (χ2n) is 7.21. The van der Waals surface area contributed by atoms with Gasteiger partial charge in [0.05, 0.1) is 24.3 Å². The van der Waals surface area contributed by atoms with Crippen molar-refractivity contribution in [3.63, 3.8) is 0 Å². The quantitative estimate of drug-likeness (QED) is 0.438. The van der Waals surface area contributed by atoms with Gasteiger partial charge in [0.1, 0.15) is 5.75 Å². The number of amides is 1. The van der Waals surface area contributed by atoms with Crippen LogP contribution in [0.15, 0.2) is 76.7 Å². The molecular weight excluding hydrogens is 430 g/mol. The van der Waals surface area contributed by atoms with Gasteiger partial charge in [0.2, 0.25) is 0 Å². The normalized spacial score (nSPS) is 14.6. The summed E-state index contributed by atoms with van der Waals surface area (Å²) in [6.45, 7) is 2.20. The van der Waals surface area contributed by atoms with Gasteiger partial charge in [0, 0.05) is 13.1 Å². The Balaban J connectivity index is 1.32. The van der Waals surface area contributed by atoms with Crippen LogP contribution in [-0.4, -0.2) is 58.3 Å². The number of fused-ring (bicyclic) bond motifs is 1. The third-order valence-electron chi connectivity index (χ3n) is 5.02. The summed E-state index contributed by atoms with van der Waals surface area (Å²) in [5.74, 6) is 0.461. The highest BCUT2D eigenvalue weighted by Crippen LogP contribution is 2.19. The molecule has 4 rings (SSSR count). The molecule has 1 fully saturated rings. The molecular formula is C23H23N3O5S. The molecule has 0 aliphatic carbocycles. The second kappa shape index (κ2) is 9.80. The van der Waals surface area contributed by atoms with Crippen molar-refractivity contribution in [3.8, 4) is 5.75 Å². The maximum atomic E-state index is 12.5. The first-order valence-electron chi connectivity index (χ1n) is 10.1. The number of carbonyl (C=O) groups is 1. The third kappa shape index (κ3) is 5.43. The third-order valence-corrected chi connectivity index (χ3v) is 6.24. The number of sulfonamides is 1. The number of nitrogens with zero attached hydrogens (tertiary/aromatic N) is 2. The van der Waals surface area contributed by atoms with Crippen molar-refractivity contribution < 1.29 is 22.7 Å². The highest BCUT2D eigenvalue weighted by molar-refractivity contribution is 7.89. The van der Waals surface area contributed by atoms with E-state index in [1.165, 1.54) is 6.21 Å². The maximum absolute atomic E-state index is 12.5. The lowest BCUT2D eigenvalue weighted by Crippen LogP contribution is -2.42. The summed E-state index contributed by atoms with van der Waals surface area (Å²) >= 11 is 0. The largest absolute Gasteiger partial charge is 0.484 e. The molecule has 1 N–H and O–H groups in total. The zero-order chi connectivity index (χ0) is 22.4. The lowest BCUT2D eigenvalue weighted by atomic mass is 10.1. The predicted molar refractivity (Wildman–Crippen MR) is 121 cm³/mol. The summed E-state index contributed by atoms with van der Waals surface area (Å²) in [4.78, 5) is 16.2. The Morgan fingerprint density at radius 3 is 2.50 bits per heavy atom. The zero-order valence-corrected chi connectivity index (χ0v) is 18.1. The van der Waals surface area contributed by atoms with Gasteiger partial charge in [-0.05, 0) is 52.7 Å². The van der Waals surface area contributed by atoms with Crippen LogP contribution in [0.2, 0.25) is 0 Å². The van der Waals surface area contributed by atoms with E-state index in [1.807, 2.05) is 24.3 Å². The van der Waals surface area contributed by atoms with Gasteiger partial charge in [-0.1, -0.05) is 30.3 Å². The van der Waals surface area contributed by atoms with E-state index in [0.717, 1.165) is 10.8 Å². The minimum Gasteiger partial charge on any atom is -0.484 e. The van der Waals surface area contributed by atoms with Crippen molar-refractivity contribution >= 4 is 32.9 Å². The zero-order valence-electron chi connectivity index (χ0n) is 17.3. The summed E-state index contributed by atoms with van der Waals surface area (Å²) in [6, 6.07) is 19.3. The van der Waals surface area contributed by atoms with Crippen LogP contribution >= 0.6 is 0 Å². The summed E-state index contributed by atoms with van der Waals surface area (Å²) in [6.07, 6.45) is 1.40. The molecule has 3 aromatic rings. The van der Waals surface area contributed by atoms with E-state index in [-0.39, 0.29) is 17.4 Å². The Hall–Kier alpha value is -3.43. The highest BCUT2D eigenvalue weighted by atomic mass is 32.2. The molecule has 32 heavy (non-hydrogen) atoms. The molecule has 0 saturated carbocycles. The topological polar surface area (TPSA) is 97.3 Å². The van der Waals surface area contributed by atoms with Gasteiger partial charge in [-0.2, -0.15) is 13.5 Å². The van der Waals surface area contributed by atoms with E-state index in [4.69, 9.17) is 9.47 Å². The van der Waals surface area contributed by atoms with Crippen LogP contribution in [0.4, 0.5) is 0 Å². The monoisotopic (exact) mass is 453 g/mol. The van der Waals surface area contributed by atoms with Crippen molar-refractivity contribution in [1.82, 2.24) is 9.73 Å². The van der Waals surface area contributed by atoms with Gasteiger partial charge in [-0.3, -0.25) is 4.79 Å². The van der Waals surface area contributed by atoms with E-state index in [2.05, 4.69) is 9.93 Å². The number of hydrogen-bond acceptors (Lipinski definition) is 6. The fraction of sp³-hybridized carbons (Fsp3) is 0.217. The van der Waals surface area contributed by atoms with Crippen LogP contribution in [-0.2, 0) is 19.6 Å². The summed E-state index contributed by atoms with van der Waals surface area (Å²) in [5, 5.41) is 5.66. The van der Waals surface area contributed by atoms with Crippen molar-refractivity contribution in [2.75, 3.05) is 32.9 Å². The van der Waals surface area contributed by atoms with Gasteiger partial charge < -0.3 is 14.4 Å². The molecule has 0 spiro atoms. The molecule has 3 aromatic carbocycles. The number of benzene rings is 3. The van der Waals surface area contributed by atoms with Crippen molar-refractivity contribution in [2.45, 2.75) is 4.90 Å². The average molecular weight is 454 g/mol. The molecule has 1 amide bonds. The molecule has 8 nitrogen and oxygen atoms in total. The molecule has 0 bridgehead atoms. The van der Waals surface area contributed by atoms with Gasteiger partial charge in [-0.15, -0.1) is 0 Å². The Morgan fingerprint density at radius 1 is 1.03 bits per heavy atom. The standard InChI is InChI=1S/C23H23N3O5S/c27-23(26-11-13-30-14-12-26)17-31-21-8-5-18(6-9-21)16-24-25-32(28,29)22-10-7-19-3-1-2-4-20(19)15-22/h1-10,15-16,25H,11-14,17H2/b24-16+. The number of nitrogens with one attached hydrogen (secondary N) is 1. The van der Waals surface area contributed by atoms with Gasteiger partial charge in [-0.25, -0.2) is 4.83 Å². The molecule has 0 atom stereocenters. The van der Waals surface area contributed by atoms with Crippen LogP contribution in [0.3, 0.4) is 0 Å². The molecule has 1 heterocycles.